The van der Waals surface area contributed by atoms with Crippen LogP contribution in [0.5, 0.6) is 5.75 Å². The molecule has 6 nitrogen and oxygen atoms in total. The number of carbonyl (C=O) groups is 1. The first-order chi connectivity index (χ1) is 14.1. The van der Waals surface area contributed by atoms with Crippen molar-refractivity contribution >= 4 is 35.9 Å². The molecule has 0 bridgehead atoms. The van der Waals surface area contributed by atoms with E-state index in [1.54, 1.807) is 19.2 Å². The van der Waals surface area contributed by atoms with Crippen molar-refractivity contribution < 1.29 is 14.3 Å². The van der Waals surface area contributed by atoms with Crippen molar-refractivity contribution in [3.05, 3.63) is 65.2 Å². The summed E-state index contributed by atoms with van der Waals surface area (Å²) in [4.78, 5) is 16.3. The summed E-state index contributed by atoms with van der Waals surface area (Å²) in [6.07, 6.45) is 3.62. The van der Waals surface area contributed by atoms with Gasteiger partial charge in [0, 0.05) is 25.6 Å². The highest BCUT2D eigenvalue weighted by Gasteiger charge is 2.38. The average Bonchev–Trinajstić information content (AvgIpc) is 2.75. The molecular formula is C23H30IN3O3. The van der Waals surface area contributed by atoms with Gasteiger partial charge >= 0.3 is 5.97 Å². The molecule has 162 valence electrons. The zero-order valence-corrected chi connectivity index (χ0v) is 20.1. The van der Waals surface area contributed by atoms with Gasteiger partial charge in [-0.3, -0.25) is 4.99 Å². The van der Waals surface area contributed by atoms with Gasteiger partial charge in [0.25, 0.3) is 0 Å². The van der Waals surface area contributed by atoms with Gasteiger partial charge in [-0.2, -0.15) is 0 Å². The zero-order valence-electron chi connectivity index (χ0n) is 17.7. The summed E-state index contributed by atoms with van der Waals surface area (Å²) in [5.74, 6) is 0.821. The molecule has 7 heteroatoms. The predicted molar refractivity (Wildman–Crippen MR) is 130 cm³/mol. The molecule has 1 aliphatic carbocycles. The van der Waals surface area contributed by atoms with Gasteiger partial charge in [-0.15, -0.1) is 24.0 Å². The monoisotopic (exact) mass is 523 g/mol. The van der Waals surface area contributed by atoms with E-state index in [1.165, 1.54) is 39.0 Å². The van der Waals surface area contributed by atoms with Gasteiger partial charge in [0.1, 0.15) is 11.3 Å². The maximum atomic E-state index is 12.0. The second kappa shape index (κ2) is 11.2. The number of rotatable bonds is 7. The first kappa shape index (κ1) is 24.0. The van der Waals surface area contributed by atoms with E-state index in [-0.39, 0.29) is 29.4 Å². The van der Waals surface area contributed by atoms with Gasteiger partial charge in [-0.25, -0.2) is 4.79 Å². The lowest BCUT2D eigenvalue weighted by molar-refractivity contribution is 0.0597. The van der Waals surface area contributed by atoms with E-state index in [1.807, 2.05) is 6.07 Å². The Bertz CT molecular complexity index is 867. The van der Waals surface area contributed by atoms with Crippen LogP contribution in [0.3, 0.4) is 0 Å². The maximum absolute atomic E-state index is 12.0. The number of nitrogens with one attached hydrogen (secondary N) is 2. The number of aliphatic imine (C=N–C) groups is 1. The van der Waals surface area contributed by atoms with Crippen molar-refractivity contribution in [2.45, 2.75) is 31.2 Å². The van der Waals surface area contributed by atoms with Gasteiger partial charge in [-0.05, 0) is 36.1 Å². The molecule has 3 rings (SSSR count). The fourth-order valence-electron chi connectivity index (χ4n) is 3.76. The van der Waals surface area contributed by atoms with Crippen molar-refractivity contribution in [2.75, 3.05) is 27.8 Å². The average molecular weight is 523 g/mol. The van der Waals surface area contributed by atoms with Crippen LogP contribution in [-0.4, -0.2) is 39.7 Å². The van der Waals surface area contributed by atoms with Crippen molar-refractivity contribution in [1.82, 2.24) is 10.6 Å². The normalized spacial score (nSPS) is 14.7. The van der Waals surface area contributed by atoms with Crippen molar-refractivity contribution in [2.24, 2.45) is 4.99 Å². The minimum Gasteiger partial charge on any atom is -0.496 e. The lowest BCUT2D eigenvalue weighted by Crippen LogP contribution is -2.48. The fourth-order valence-corrected chi connectivity index (χ4v) is 3.76. The van der Waals surface area contributed by atoms with Gasteiger partial charge in [0.15, 0.2) is 5.96 Å². The third-order valence-corrected chi connectivity index (χ3v) is 5.64. The molecule has 2 N–H and O–H groups in total. The Hall–Kier alpha value is -2.29. The first-order valence-corrected chi connectivity index (χ1v) is 9.87. The molecule has 0 radical (unpaired) electrons. The highest BCUT2D eigenvalue weighted by atomic mass is 127. The highest BCUT2D eigenvalue weighted by Crippen LogP contribution is 2.43. The lowest BCUT2D eigenvalue weighted by atomic mass is 9.64. The van der Waals surface area contributed by atoms with E-state index < -0.39 is 5.97 Å². The third kappa shape index (κ3) is 5.44. The Morgan fingerprint density at radius 2 is 1.83 bits per heavy atom. The molecule has 0 atom stereocenters. The van der Waals surface area contributed by atoms with E-state index in [9.17, 15) is 4.79 Å². The molecule has 1 fully saturated rings. The van der Waals surface area contributed by atoms with Crippen molar-refractivity contribution in [3.8, 4) is 5.75 Å². The second-order valence-corrected chi connectivity index (χ2v) is 7.31. The number of ether oxygens (including phenoxy) is 2. The number of methoxy groups -OCH3 is 2. The van der Waals surface area contributed by atoms with Gasteiger partial charge < -0.3 is 20.1 Å². The van der Waals surface area contributed by atoms with Crippen molar-refractivity contribution in [3.63, 3.8) is 0 Å². The largest absolute Gasteiger partial charge is 0.496 e. The van der Waals surface area contributed by atoms with E-state index >= 15 is 0 Å². The van der Waals surface area contributed by atoms with E-state index in [4.69, 9.17) is 9.47 Å². The molecule has 2 aromatic rings. The van der Waals surface area contributed by atoms with Crippen LogP contribution in [0.2, 0.25) is 0 Å². The number of benzene rings is 2. The predicted octanol–water partition coefficient (Wildman–Crippen LogP) is 3.89. The van der Waals surface area contributed by atoms with Gasteiger partial charge in [0.05, 0.1) is 14.2 Å². The number of halogens is 1. The standard InChI is InChI=1S/C23H29N3O3.HI/c1-24-22(26-16-23(12-7-13-23)18-8-5-4-6-9-18)25-15-17-10-11-20(28-2)19(14-17)21(27)29-3;/h4-6,8-11,14H,7,12-13,15-16H2,1-3H3,(H2,24,25,26);1H. The number of nitrogens with zero attached hydrogens (tertiary/aromatic N) is 1. The highest BCUT2D eigenvalue weighted by molar-refractivity contribution is 14.0. The van der Waals surface area contributed by atoms with Crippen LogP contribution in [0, 0.1) is 0 Å². The summed E-state index contributed by atoms with van der Waals surface area (Å²) < 4.78 is 10.1. The van der Waals surface area contributed by atoms with Crippen LogP contribution in [0.25, 0.3) is 0 Å². The molecule has 0 amide bonds. The Morgan fingerprint density at radius 1 is 1.10 bits per heavy atom. The van der Waals surface area contributed by atoms with Crippen LogP contribution in [-0.2, 0) is 16.7 Å². The second-order valence-electron chi connectivity index (χ2n) is 7.31. The third-order valence-electron chi connectivity index (χ3n) is 5.64. The number of hydrogen-bond acceptors (Lipinski definition) is 4. The maximum Gasteiger partial charge on any atom is 0.341 e. The molecule has 30 heavy (non-hydrogen) atoms. The Labute approximate surface area is 195 Å². The molecule has 0 heterocycles. The summed E-state index contributed by atoms with van der Waals surface area (Å²) in [6.45, 7) is 1.37. The topological polar surface area (TPSA) is 72.0 Å². The minimum atomic E-state index is -0.416. The van der Waals surface area contributed by atoms with E-state index in [0.29, 0.717) is 17.9 Å². The molecule has 0 spiro atoms. The lowest BCUT2D eigenvalue weighted by Gasteiger charge is -2.43. The molecule has 1 aliphatic rings. The molecule has 2 aromatic carbocycles. The smallest absolute Gasteiger partial charge is 0.341 e. The minimum absolute atomic E-state index is 0. The summed E-state index contributed by atoms with van der Waals surface area (Å²) in [5.41, 5.74) is 2.91. The summed E-state index contributed by atoms with van der Waals surface area (Å²) >= 11 is 0. The van der Waals surface area contributed by atoms with Crippen LogP contribution < -0.4 is 15.4 Å². The number of hydrogen-bond donors (Lipinski definition) is 2. The first-order valence-electron chi connectivity index (χ1n) is 9.87. The summed E-state index contributed by atoms with van der Waals surface area (Å²) in [6, 6.07) is 16.2. The quantitative estimate of drug-likeness (QED) is 0.250. The molecule has 0 aromatic heterocycles. The fraction of sp³-hybridized carbons (Fsp3) is 0.391. The van der Waals surface area contributed by atoms with E-state index in [0.717, 1.165) is 18.1 Å². The SMILES string of the molecule is CN=C(NCc1ccc(OC)c(C(=O)OC)c1)NCC1(c2ccccc2)CCC1.I. The zero-order chi connectivity index (χ0) is 20.7. The summed E-state index contributed by atoms with van der Waals surface area (Å²) in [7, 11) is 4.66. The van der Waals surface area contributed by atoms with Crippen LogP contribution in [0.15, 0.2) is 53.5 Å². The van der Waals surface area contributed by atoms with Crippen LogP contribution in [0.4, 0.5) is 0 Å². The van der Waals surface area contributed by atoms with E-state index in [2.05, 4.69) is 46.0 Å². The van der Waals surface area contributed by atoms with Crippen LogP contribution >= 0.6 is 24.0 Å². The van der Waals surface area contributed by atoms with Gasteiger partial charge in [-0.1, -0.05) is 42.8 Å². The van der Waals surface area contributed by atoms with Crippen molar-refractivity contribution in [1.29, 1.82) is 0 Å². The molecule has 0 unspecified atom stereocenters. The Kier molecular flexibility index (Phi) is 8.95. The Morgan fingerprint density at radius 3 is 2.40 bits per heavy atom. The molecule has 0 aliphatic heterocycles. The van der Waals surface area contributed by atoms with Gasteiger partial charge in [0.2, 0.25) is 0 Å². The summed E-state index contributed by atoms with van der Waals surface area (Å²) in [5, 5.41) is 6.80. The molecule has 0 saturated heterocycles. The number of guanidine groups is 1. The number of esters is 1. The number of carbonyl (C=O) groups excluding carboxylic acids is 1. The molecule has 1 saturated carbocycles. The molecular weight excluding hydrogens is 493 g/mol. The van der Waals surface area contributed by atoms with Crippen LogP contribution in [0.1, 0.15) is 40.7 Å². The Balaban J connectivity index is 0.00000320.